The van der Waals surface area contributed by atoms with Crippen LogP contribution in [0.5, 0.6) is 0 Å². The van der Waals surface area contributed by atoms with Gasteiger partial charge in [-0.3, -0.25) is 4.79 Å². The maximum absolute atomic E-state index is 12.2. The molecule has 0 aromatic rings. The van der Waals surface area contributed by atoms with Gasteiger partial charge in [0.2, 0.25) is 5.91 Å². The zero-order valence-corrected chi connectivity index (χ0v) is 12.8. The predicted molar refractivity (Wildman–Crippen MR) is 76.6 cm³/mol. The Hall–Kier alpha value is -0.570. The van der Waals surface area contributed by atoms with E-state index in [2.05, 4.69) is 19.2 Å². The molecule has 1 N–H and O–H groups in total. The lowest BCUT2D eigenvalue weighted by atomic mass is 9.93. The molecule has 1 aliphatic heterocycles. The number of nitrogens with one attached hydrogen (secondary N) is 1. The van der Waals surface area contributed by atoms with Gasteiger partial charge in [-0.1, -0.05) is 34.1 Å². The molecule has 1 aliphatic rings. The highest BCUT2D eigenvalue weighted by atomic mass is 16.2. The van der Waals surface area contributed by atoms with E-state index in [1.807, 2.05) is 25.7 Å². The number of carbonyl (C=O) groups excluding carboxylic acids is 1. The van der Waals surface area contributed by atoms with Crippen LogP contribution >= 0.6 is 0 Å². The van der Waals surface area contributed by atoms with Gasteiger partial charge in [-0.2, -0.15) is 0 Å². The van der Waals surface area contributed by atoms with Crippen LogP contribution in [0.2, 0.25) is 0 Å². The maximum atomic E-state index is 12.2. The van der Waals surface area contributed by atoms with Gasteiger partial charge in [0.15, 0.2) is 0 Å². The van der Waals surface area contributed by atoms with Crippen LogP contribution in [0.4, 0.5) is 0 Å². The van der Waals surface area contributed by atoms with Crippen molar-refractivity contribution in [3.05, 3.63) is 0 Å². The molecule has 0 radical (unpaired) electrons. The molecule has 18 heavy (non-hydrogen) atoms. The molecule has 3 nitrogen and oxygen atoms in total. The number of likely N-dealkylation sites (tertiary alicyclic amines) is 1. The summed E-state index contributed by atoms with van der Waals surface area (Å²) in [4.78, 5) is 14.2. The molecule has 3 heteroatoms. The zero-order valence-electron chi connectivity index (χ0n) is 12.8. The highest BCUT2D eigenvalue weighted by molar-refractivity contribution is 5.81. The Balaban J connectivity index is 2.35. The predicted octanol–water partition coefficient (Wildman–Crippen LogP) is 2.80. The van der Waals surface area contributed by atoms with E-state index < -0.39 is 0 Å². The van der Waals surface area contributed by atoms with Crippen LogP contribution in [0, 0.1) is 5.41 Å². The van der Waals surface area contributed by atoms with Gasteiger partial charge in [0.05, 0.1) is 0 Å². The second-order valence-corrected chi connectivity index (χ2v) is 6.67. The van der Waals surface area contributed by atoms with E-state index in [-0.39, 0.29) is 5.41 Å². The van der Waals surface area contributed by atoms with E-state index in [0.29, 0.717) is 18.0 Å². The summed E-state index contributed by atoms with van der Waals surface area (Å²) in [5, 5.41) is 3.68. The summed E-state index contributed by atoms with van der Waals surface area (Å²) in [5.74, 6) is 0.294. The van der Waals surface area contributed by atoms with Crippen molar-refractivity contribution in [1.29, 1.82) is 0 Å². The van der Waals surface area contributed by atoms with Crippen molar-refractivity contribution in [1.82, 2.24) is 10.2 Å². The van der Waals surface area contributed by atoms with Gasteiger partial charge in [0, 0.05) is 30.6 Å². The van der Waals surface area contributed by atoms with E-state index >= 15 is 0 Å². The number of amides is 1. The zero-order chi connectivity index (χ0) is 13.8. The fourth-order valence-corrected chi connectivity index (χ4v) is 2.64. The lowest BCUT2D eigenvalue weighted by Gasteiger charge is -2.37. The summed E-state index contributed by atoms with van der Waals surface area (Å²) in [6, 6.07) is 1.19. The Bertz CT molecular complexity index is 262. The normalized spacial score (nSPS) is 19.9. The Morgan fingerprint density at radius 3 is 2.33 bits per heavy atom. The molecule has 0 bridgehead atoms. The first-order valence-electron chi connectivity index (χ1n) is 7.40. The van der Waals surface area contributed by atoms with Gasteiger partial charge in [0.25, 0.3) is 0 Å². The molecule has 0 saturated carbocycles. The summed E-state index contributed by atoms with van der Waals surface area (Å²) in [5.41, 5.74) is -0.240. The first-order chi connectivity index (χ1) is 8.34. The second-order valence-electron chi connectivity index (χ2n) is 6.67. The van der Waals surface area contributed by atoms with Crippen LogP contribution in [-0.2, 0) is 4.79 Å². The quantitative estimate of drug-likeness (QED) is 0.836. The second kappa shape index (κ2) is 6.55. The number of hydrogen-bond donors (Lipinski definition) is 1. The summed E-state index contributed by atoms with van der Waals surface area (Å²) in [6.07, 6.45) is 4.66. The molecule has 1 atom stereocenters. The monoisotopic (exact) mass is 254 g/mol. The van der Waals surface area contributed by atoms with Crippen LogP contribution in [0.15, 0.2) is 0 Å². The summed E-state index contributed by atoms with van der Waals surface area (Å²) >= 11 is 0. The van der Waals surface area contributed by atoms with Gasteiger partial charge in [-0.25, -0.2) is 0 Å². The van der Waals surface area contributed by atoms with E-state index in [4.69, 9.17) is 0 Å². The number of carbonyl (C=O) groups is 1. The van der Waals surface area contributed by atoms with Crippen molar-refractivity contribution < 1.29 is 4.79 Å². The van der Waals surface area contributed by atoms with Gasteiger partial charge < -0.3 is 10.2 Å². The lowest BCUT2D eigenvalue weighted by Crippen LogP contribution is -2.49. The average molecular weight is 254 g/mol. The van der Waals surface area contributed by atoms with Gasteiger partial charge in [0.1, 0.15) is 0 Å². The third-order valence-corrected chi connectivity index (χ3v) is 3.67. The molecule has 106 valence electrons. The Labute approximate surface area is 112 Å². The highest BCUT2D eigenvalue weighted by Crippen LogP contribution is 2.21. The van der Waals surface area contributed by atoms with Crippen molar-refractivity contribution in [2.45, 2.75) is 72.4 Å². The van der Waals surface area contributed by atoms with E-state index in [9.17, 15) is 4.79 Å². The minimum atomic E-state index is -0.240. The van der Waals surface area contributed by atoms with Crippen LogP contribution in [-0.4, -0.2) is 36.0 Å². The minimum Gasteiger partial charge on any atom is -0.342 e. The van der Waals surface area contributed by atoms with E-state index in [1.54, 1.807) is 0 Å². The van der Waals surface area contributed by atoms with E-state index in [0.717, 1.165) is 25.9 Å². The Morgan fingerprint density at radius 1 is 1.33 bits per heavy atom. The highest BCUT2D eigenvalue weighted by Gasteiger charge is 2.30. The molecule has 0 aromatic heterocycles. The van der Waals surface area contributed by atoms with Crippen molar-refractivity contribution in [2.24, 2.45) is 5.41 Å². The summed E-state index contributed by atoms with van der Waals surface area (Å²) < 4.78 is 0. The fourth-order valence-electron chi connectivity index (χ4n) is 2.64. The molecule has 1 unspecified atom stereocenters. The minimum absolute atomic E-state index is 0.240. The first kappa shape index (κ1) is 15.5. The van der Waals surface area contributed by atoms with Gasteiger partial charge in [-0.05, 0) is 26.2 Å². The van der Waals surface area contributed by atoms with Crippen LogP contribution < -0.4 is 5.32 Å². The smallest absolute Gasteiger partial charge is 0.227 e. The number of hydrogen-bond acceptors (Lipinski definition) is 2. The maximum Gasteiger partial charge on any atom is 0.227 e. The molecule has 0 spiro atoms. The molecular weight excluding hydrogens is 224 g/mol. The van der Waals surface area contributed by atoms with Crippen molar-refractivity contribution in [3.8, 4) is 0 Å². The number of rotatable bonds is 4. The van der Waals surface area contributed by atoms with Crippen molar-refractivity contribution >= 4 is 5.91 Å². The Kier molecular flexibility index (Phi) is 5.64. The fraction of sp³-hybridized carbons (Fsp3) is 0.933. The van der Waals surface area contributed by atoms with Crippen LogP contribution in [0.1, 0.15) is 60.3 Å². The molecule has 0 aliphatic carbocycles. The number of piperidine rings is 1. The summed E-state index contributed by atoms with van der Waals surface area (Å²) in [6.45, 7) is 12.3. The van der Waals surface area contributed by atoms with Crippen LogP contribution in [0.25, 0.3) is 0 Å². The molecule has 1 amide bonds. The Morgan fingerprint density at radius 2 is 1.89 bits per heavy atom. The SMILES string of the molecule is CCCC(C)NC1CCN(C(=O)C(C)(C)C)CC1. The molecule has 1 fully saturated rings. The number of nitrogens with zero attached hydrogens (tertiary/aromatic N) is 1. The molecule has 0 aromatic carbocycles. The molecule has 1 saturated heterocycles. The van der Waals surface area contributed by atoms with Crippen molar-refractivity contribution in [3.63, 3.8) is 0 Å². The summed E-state index contributed by atoms with van der Waals surface area (Å²) in [7, 11) is 0. The first-order valence-corrected chi connectivity index (χ1v) is 7.40. The topological polar surface area (TPSA) is 32.3 Å². The molecule has 1 heterocycles. The standard InChI is InChI=1S/C15H30N2O/c1-6-7-12(2)16-13-8-10-17(11-9-13)14(18)15(3,4)5/h12-13,16H,6-11H2,1-5H3. The van der Waals surface area contributed by atoms with Gasteiger partial charge in [-0.15, -0.1) is 0 Å². The van der Waals surface area contributed by atoms with E-state index in [1.165, 1.54) is 12.8 Å². The van der Waals surface area contributed by atoms with Crippen LogP contribution in [0.3, 0.4) is 0 Å². The van der Waals surface area contributed by atoms with Gasteiger partial charge >= 0.3 is 0 Å². The largest absolute Gasteiger partial charge is 0.342 e. The molecule has 1 rings (SSSR count). The lowest BCUT2D eigenvalue weighted by molar-refractivity contribution is -0.140. The third kappa shape index (κ3) is 4.60. The average Bonchev–Trinajstić information content (AvgIpc) is 2.28. The molecular formula is C15H30N2O. The third-order valence-electron chi connectivity index (χ3n) is 3.67. The van der Waals surface area contributed by atoms with Crippen molar-refractivity contribution in [2.75, 3.05) is 13.1 Å².